The minimum absolute atomic E-state index is 0. The molecule has 1 saturated carbocycles. The van der Waals surface area contributed by atoms with Crippen LogP contribution in [0.3, 0.4) is 0 Å². The van der Waals surface area contributed by atoms with E-state index in [0.29, 0.717) is 25.3 Å². The average Bonchev–Trinajstić information content (AvgIpc) is 3.16. The SMILES string of the molecule is FC1(F)CCC(CNc2ncc3c(n2)CC=C3c2ccc3ncccc3c2)CC1.[HH].[HH]. The first-order chi connectivity index (χ1) is 14.1. The van der Waals surface area contributed by atoms with Gasteiger partial charge in [-0.3, -0.25) is 4.98 Å². The first kappa shape index (κ1) is 18.2. The third-order valence-electron chi connectivity index (χ3n) is 5.96. The van der Waals surface area contributed by atoms with Crippen molar-refractivity contribution in [2.75, 3.05) is 11.9 Å². The molecule has 0 saturated heterocycles. The van der Waals surface area contributed by atoms with Gasteiger partial charge in [0.05, 0.1) is 11.2 Å². The zero-order valence-corrected chi connectivity index (χ0v) is 16.0. The molecule has 2 heterocycles. The highest BCUT2D eigenvalue weighted by molar-refractivity contribution is 5.89. The second-order valence-corrected chi connectivity index (χ2v) is 7.97. The normalized spacial score (nSPS) is 18.5. The van der Waals surface area contributed by atoms with Gasteiger partial charge in [-0.1, -0.05) is 18.2 Å². The van der Waals surface area contributed by atoms with Crippen LogP contribution >= 0.6 is 0 Å². The van der Waals surface area contributed by atoms with Crippen LogP contribution < -0.4 is 5.32 Å². The molecule has 0 spiro atoms. The highest BCUT2D eigenvalue weighted by Crippen LogP contribution is 2.36. The lowest BCUT2D eigenvalue weighted by atomic mass is 9.87. The summed E-state index contributed by atoms with van der Waals surface area (Å²) in [6, 6.07) is 10.3. The second-order valence-electron chi connectivity index (χ2n) is 7.97. The van der Waals surface area contributed by atoms with E-state index in [-0.39, 0.29) is 21.6 Å². The van der Waals surface area contributed by atoms with E-state index < -0.39 is 5.92 Å². The van der Waals surface area contributed by atoms with Gasteiger partial charge in [0.25, 0.3) is 0 Å². The van der Waals surface area contributed by atoms with Crippen molar-refractivity contribution >= 4 is 22.4 Å². The molecule has 0 unspecified atom stereocenters. The van der Waals surface area contributed by atoms with Crippen LogP contribution in [0.2, 0.25) is 0 Å². The molecular weight excluding hydrogens is 370 g/mol. The molecule has 1 N–H and O–H groups in total. The number of nitrogens with one attached hydrogen (secondary N) is 1. The largest absolute Gasteiger partial charge is 0.354 e. The Kier molecular flexibility index (Phi) is 4.49. The molecule has 0 amide bonds. The van der Waals surface area contributed by atoms with E-state index in [2.05, 4.69) is 44.5 Å². The predicted octanol–water partition coefficient (Wildman–Crippen LogP) is 5.74. The number of nitrogens with zero attached hydrogens (tertiary/aromatic N) is 3. The van der Waals surface area contributed by atoms with E-state index in [1.165, 1.54) is 0 Å². The highest BCUT2D eigenvalue weighted by Gasteiger charge is 2.34. The van der Waals surface area contributed by atoms with E-state index >= 15 is 0 Å². The van der Waals surface area contributed by atoms with E-state index in [0.717, 1.165) is 39.7 Å². The zero-order chi connectivity index (χ0) is 19.8. The first-order valence-electron chi connectivity index (χ1n) is 10.1. The van der Waals surface area contributed by atoms with Gasteiger partial charge in [0, 0.05) is 52.0 Å². The lowest BCUT2D eigenvalue weighted by Crippen LogP contribution is -2.28. The van der Waals surface area contributed by atoms with Crippen LogP contribution in [0.4, 0.5) is 14.7 Å². The van der Waals surface area contributed by atoms with Crippen LogP contribution in [0, 0.1) is 5.92 Å². The molecule has 6 heteroatoms. The van der Waals surface area contributed by atoms with Gasteiger partial charge in [-0.25, -0.2) is 18.7 Å². The Morgan fingerprint density at radius 2 is 2.00 bits per heavy atom. The van der Waals surface area contributed by atoms with Crippen LogP contribution in [-0.4, -0.2) is 27.4 Å². The number of alkyl halides is 2. The van der Waals surface area contributed by atoms with E-state index in [9.17, 15) is 8.78 Å². The molecule has 1 fully saturated rings. The summed E-state index contributed by atoms with van der Waals surface area (Å²) in [6.07, 6.45) is 7.69. The van der Waals surface area contributed by atoms with Gasteiger partial charge < -0.3 is 5.32 Å². The maximum atomic E-state index is 13.3. The number of benzene rings is 1. The molecule has 152 valence electrons. The number of fused-ring (bicyclic) bond motifs is 2. The first-order valence-corrected chi connectivity index (χ1v) is 10.1. The Hall–Kier alpha value is -2.89. The Balaban J connectivity index is 0.00000136. The lowest BCUT2D eigenvalue weighted by Gasteiger charge is -2.28. The van der Waals surface area contributed by atoms with Gasteiger partial charge in [-0.05, 0) is 48.1 Å². The minimum atomic E-state index is -2.48. The standard InChI is InChI=1S/C23H22F2N4.2H2/c24-23(25)9-7-15(8-10-23)13-27-22-28-14-19-18(4-6-21(19)29-22)16-3-5-20-17(12-16)2-1-11-26-20;;/h1-5,11-12,14-15H,6-10,13H2,(H,27,28,29);2*1H. The number of pyridine rings is 1. The van der Waals surface area contributed by atoms with Crippen LogP contribution in [0.5, 0.6) is 0 Å². The van der Waals surface area contributed by atoms with Crippen molar-refractivity contribution in [3.63, 3.8) is 0 Å². The third kappa shape index (κ3) is 3.71. The van der Waals surface area contributed by atoms with Gasteiger partial charge in [-0.2, -0.15) is 0 Å². The number of halogens is 2. The average molecular weight is 396 g/mol. The smallest absolute Gasteiger partial charge is 0.248 e. The maximum Gasteiger partial charge on any atom is 0.248 e. The van der Waals surface area contributed by atoms with E-state index in [4.69, 9.17) is 0 Å². The molecule has 2 aliphatic rings. The topological polar surface area (TPSA) is 50.7 Å². The van der Waals surface area contributed by atoms with E-state index in [1.54, 1.807) is 6.20 Å². The van der Waals surface area contributed by atoms with Gasteiger partial charge in [0.1, 0.15) is 0 Å². The summed E-state index contributed by atoms with van der Waals surface area (Å²) in [4.78, 5) is 13.5. The predicted molar refractivity (Wildman–Crippen MR) is 114 cm³/mol. The number of rotatable bonds is 4. The number of allylic oxidation sites excluding steroid dienone is 1. The molecule has 2 aromatic heterocycles. The maximum absolute atomic E-state index is 13.3. The summed E-state index contributed by atoms with van der Waals surface area (Å²) >= 11 is 0. The lowest BCUT2D eigenvalue weighted by molar-refractivity contribution is -0.0443. The molecule has 0 bridgehead atoms. The van der Waals surface area contributed by atoms with Crippen molar-refractivity contribution in [3.05, 3.63) is 65.6 Å². The van der Waals surface area contributed by atoms with E-state index in [1.807, 2.05) is 18.3 Å². The van der Waals surface area contributed by atoms with Crippen molar-refractivity contribution in [1.82, 2.24) is 15.0 Å². The quantitative estimate of drug-likeness (QED) is 0.611. The van der Waals surface area contributed by atoms with Gasteiger partial charge in [0.15, 0.2) is 0 Å². The summed E-state index contributed by atoms with van der Waals surface area (Å²) < 4.78 is 26.6. The number of anilines is 1. The summed E-state index contributed by atoms with van der Waals surface area (Å²) in [6.45, 7) is 0.646. The molecule has 29 heavy (non-hydrogen) atoms. The summed E-state index contributed by atoms with van der Waals surface area (Å²) in [5.41, 5.74) is 5.31. The molecule has 2 aliphatic carbocycles. The summed E-state index contributed by atoms with van der Waals surface area (Å²) in [5, 5.41) is 4.36. The molecule has 4 nitrogen and oxygen atoms in total. The zero-order valence-electron chi connectivity index (χ0n) is 16.0. The van der Waals surface area contributed by atoms with Gasteiger partial charge >= 0.3 is 0 Å². The van der Waals surface area contributed by atoms with Crippen LogP contribution in [0.1, 0.15) is 45.4 Å². The monoisotopic (exact) mass is 396 g/mol. The van der Waals surface area contributed by atoms with Crippen molar-refractivity contribution in [3.8, 4) is 0 Å². The van der Waals surface area contributed by atoms with Crippen molar-refractivity contribution in [2.24, 2.45) is 5.92 Å². The Morgan fingerprint density at radius 3 is 2.86 bits per heavy atom. The van der Waals surface area contributed by atoms with Crippen molar-refractivity contribution in [1.29, 1.82) is 0 Å². The Bertz CT molecular complexity index is 1090. The van der Waals surface area contributed by atoms with Crippen LogP contribution in [-0.2, 0) is 6.42 Å². The van der Waals surface area contributed by atoms with Crippen molar-refractivity contribution < 1.29 is 11.6 Å². The Labute approximate surface area is 171 Å². The third-order valence-corrected chi connectivity index (χ3v) is 5.96. The summed E-state index contributed by atoms with van der Waals surface area (Å²) in [5.74, 6) is -1.65. The fourth-order valence-corrected chi connectivity index (χ4v) is 4.25. The molecule has 1 aromatic carbocycles. The number of aromatic nitrogens is 3. The number of hydrogen-bond acceptors (Lipinski definition) is 4. The highest BCUT2D eigenvalue weighted by atomic mass is 19.3. The second kappa shape index (κ2) is 7.17. The molecule has 0 aliphatic heterocycles. The Morgan fingerprint density at radius 1 is 1.14 bits per heavy atom. The van der Waals surface area contributed by atoms with Crippen molar-refractivity contribution in [2.45, 2.75) is 38.0 Å². The molecular formula is C23H26F2N4. The molecule has 5 rings (SSSR count). The minimum Gasteiger partial charge on any atom is -0.354 e. The number of hydrogen-bond donors (Lipinski definition) is 1. The molecule has 0 radical (unpaired) electrons. The van der Waals surface area contributed by atoms with Gasteiger partial charge in [0.2, 0.25) is 11.9 Å². The van der Waals surface area contributed by atoms with Crippen LogP contribution in [0.15, 0.2) is 48.8 Å². The molecule has 3 aromatic rings. The fourth-order valence-electron chi connectivity index (χ4n) is 4.25. The molecule has 0 atom stereocenters. The van der Waals surface area contributed by atoms with Gasteiger partial charge in [-0.15, -0.1) is 0 Å². The fraction of sp³-hybridized carbons (Fsp3) is 0.348. The van der Waals surface area contributed by atoms with Crippen LogP contribution in [0.25, 0.3) is 16.5 Å². The summed E-state index contributed by atoms with van der Waals surface area (Å²) in [7, 11) is 0.